The average Bonchev–Trinajstić information content (AvgIpc) is 3.31. The van der Waals surface area contributed by atoms with E-state index in [0.717, 1.165) is 17.4 Å². The number of nitrogens with one attached hydrogen (secondary N) is 2. The van der Waals surface area contributed by atoms with Crippen molar-refractivity contribution in [3.63, 3.8) is 0 Å². The molecule has 0 atom stereocenters. The lowest BCUT2D eigenvalue weighted by Crippen LogP contribution is -2.16. The van der Waals surface area contributed by atoms with Crippen LogP contribution in [0.15, 0.2) is 47.4 Å². The van der Waals surface area contributed by atoms with Gasteiger partial charge in [-0.05, 0) is 37.0 Å². The van der Waals surface area contributed by atoms with Crippen molar-refractivity contribution in [2.45, 2.75) is 19.4 Å². The van der Waals surface area contributed by atoms with Gasteiger partial charge in [0, 0.05) is 29.8 Å². The Morgan fingerprint density at radius 1 is 1.30 bits per heavy atom. The molecule has 0 unspecified atom stereocenters. The molecular weight excluding hydrogens is 292 g/mol. The van der Waals surface area contributed by atoms with E-state index in [-0.39, 0.29) is 11.5 Å². The van der Waals surface area contributed by atoms with Crippen LogP contribution in [-0.4, -0.2) is 20.7 Å². The minimum Gasteiger partial charge on any atom is -0.329 e. The number of hydrogen-bond acceptors (Lipinski definition) is 3. The number of hydrogen-bond donors (Lipinski definition) is 2. The minimum atomic E-state index is -0.335. The van der Waals surface area contributed by atoms with E-state index in [1.54, 1.807) is 6.07 Å². The van der Waals surface area contributed by atoms with Gasteiger partial charge in [-0.15, -0.1) is 0 Å². The molecule has 0 spiro atoms. The number of benzene rings is 1. The summed E-state index contributed by atoms with van der Waals surface area (Å²) in [5.41, 5.74) is 1.02. The van der Waals surface area contributed by atoms with Crippen molar-refractivity contribution in [3.8, 4) is 0 Å². The second-order valence-electron chi connectivity index (χ2n) is 5.89. The largest absolute Gasteiger partial charge is 0.329 e. The van der Waals surface area contributed by atoms with Crippen LogP contribution >= 0.6 is 0 Å². The van der Waals surface area contributed by atoms with Crippen molar-refractivity contribution in [3.05, 3.63) is 58.5 Å². The third kappa shape index (κ3) is 2.75. The summed E-state index contributed by atoms with van der Waals surface area (Å²) in [5, 5.41) is 8.28. The molecule has 1 saturated carbocycles. The zero-order chi connectivity index (χ0) is 15.8. The number of rotatable bonds is 4. The maximum Gasteiger partial charge on any atom is 0.257 e. The zero-order valence-electron chi connectivity index (χ0n) is 12.5. The fraction of sp³-hybridized carbons (Fsp3) is 0.235. The lowest BCUT2D eigenvalue weighted by atomic mass is 10.2. The van der Waals surface area contributed by atoms with Crippen molar-refractivity contribution >= 4 is 22.6 Å². The predicted octanol–water partition coefficient (Wildman–Crippen LogP) is 2.39. The first-order valence-corrected chi connectivity index (χ1v) is 7.66. The van der Waals surface area contributed by atoms with Gasteiger partial charge in [0.1, 0.15) is 0 Å². The molecule has 4 rings (SSSR count). The summed E-state index contributed by atoms with van der Waals surface area (Å²) in [4.78, 5) is 26.2. The van der Waals surface area contributed by atoms with Crippen LogP contribution in [0.2, 0.25) is 0 Å². The van der Waals surface area contributed by atoms with Gasteiger partial charge in [-0.3, -0.25) is 14.3 Å². The molecule has 1 aliphatic rings. The molecule has 1 aromatic carbocycles. The third-order valence-electron chi connectivity index (χ3n) is 4.06. The molecule has 2 N–H and O–H groups in total. The maximum atomic E-state index is 12.3. The van der Waals surface area contributed by atoms with Crippen LogP contribution in [0.5, 0.6) is 0 Å². The Morgan fingerprint density at radius 3 is 2.91 bits per heavy atom. The fourth-order valence-electron chi connectivity index (χ4n) is 2.67. The first kappa shape index (κ1) is 13.8. The zero-order valence-corrected chi connectivity index (χ0v) is 12.5. The highest BCUT2D eigenvalue weighted by molar-refractivity contribution is 6.07. The van der Waals surface area contributed by atoms with Crippen LogP contribution in [0.4, 0.5) is 5.82 Å². The van der Waals surface area contributed by atoms with Gasteiger partial charge in [0.2, 0.25) is 5.56 Å². The number of H-pyrrole nitrogens is 1. The van der Waals surface area contributed by atoms with Gasteiger partial charge in [-0.1, -0.05) is 12.1 Å². The van der Waals surface area contributed by atoms with Gasteiger partial charge in [0.15, 0.2) is 5.82 Å². The molecule has 0 radical (unpaired) electrons. The molecule has 0 saturated heterocycles. The molecule has 1 fully saturated rings. The highest BCUT2D eigenvalue weighted by Crippen LogP contribution is 2.32. The van der Waals surface area contributed by atoms with Gasteiger partial charge >= 0.3 is 0 Å². The average molecular weight is 308 g/mol. The van der Waals surface area contributed by atoms with Gasteiger partial charge in [-0.25, -0.2) is 0 Å². The molecule has 0 aliphatic heterocycles. The molecule has 2 aromatic heterocycles. The summed E-state index contributed by atoms with van der Waals surface area (Å²) >= 11 is 0. The van der Waals surface area contributed by atoms with Crippen molar-refractivity contribution in [1.29, 1.82) is 0 Å². The smallest absolute Gasteiger partial charge is 0.257 e. The minimum absolute atomic E-state index is 0.304. The Bertz CT molecular complexity index is 937. The number of anilines is 1. The summed E-state index contributed by atoms with van der Waals surface area (Å²) in [6, 6.07) is 10.7. The molecule has 116 valence electrons. The maximum absolute atomic E-state index is 12.3. The van der Waals surface area contributed by atoms with E-state index in [1.807, 2.05) is 28.9 Å². The lowest BCUT2D eigenvalue weighted by Gasteiger charge is -2.02. The predicted molar refractivity (Wildman–Crippen MR) is 87.5 cm³/mol. The molecular formula is C17H16N4O2. The number of aromatic amines is 1. The normalized spacial score (nSPS) is 14.1. The highest BCUT2D eigenvalue weighted by atomic mass is 16.2. The standard InChI is InChI=1S/C17H16N4O2/c22-15-9-12(7-8-18-15)17(23)19-16-13-3-1-2-4-14(13)21(20-16)10-11-5-6-11/h1-4,7-9,11H,5-6,10H2,(H,18,22)(H,19,20,23). The highest BCUT2D eigenvalue weighted by Gasteiger charge is 2.24. The Morgan fingerprint density at radius 2 is 2.13 bits per heavy atom. The Kier molecular flexibility index (Phi) is 3.22. The van der Waals surface area contributed by atoms with Crippen molar-refractivity contribution in [2.75, 3.05) is 5.32 Å². The van der Waals surface area contributed by atoms with E-state index in [0.29, 0.717) is 17.3 Å². The molecule has 6 nitrogen and oxygen atoms in total. The number of amides is 1. The summed E-state index contributed by atoms with van der Waals surface area (Å²) in [6.45, 7) is 0.876. The van der Waals surface area contributed by atoms with Gasteiger partial charge in [-0.2, -0.15) is 5.10 Å². The van der Waals surface area contributed by atoms with Crippen molar-refractivity contribution in [2.24, 2.45) is 5.92 Å². The van der Waals surface area contributed by atoms with E-state index in [2.05, 4.69) is 15.4 Å². The van der Waals surface area contributed by atoms with Crippen LogP contribution < -0.4 is 10.9 Å². The quantitative estimate of drug-likeness (QED) is 0.776. The van der Waals surface area contributed by atoms with E-state index in [9.17, 15) is 9.59 Å². The van der Waals surface area contributed by atoms with Crippen LogP contribution in [0.3, 0.4) is 0 Å². The first-order chi connectivity index (χ1) is 11.2. The molecule has 1 aliphatic carbocycles. The van der Waals surface area contributed by atoms with Crippen molar-refractivity contribution < 1.29 is 4.79 Å². The number of fused-ring (bicyclic) bond motifs is 1. The topological polar surface area (TPSA) is 79.8 Å². The molecule has 2 heterocycles. The summed E-state index contributed by atoms with van der Waals surface area (Å²) in [7, 11) is 0. The molecule has 3 aromatic rings. The summed E-state index contributed by atoms with van der Waals surface area (Å²) in [6.07, 6.45) is 3.94. The monoisotopic (exact) mass is 308 g/mol. The van der Waals surface area contributed by atoms with Gasteiger partial charge in [0.05, 0.1) is 5.52 Å². The molecule has 6 heteroatoms. The molecule has 0 bridgehead atoms. The van der Waals surface area contributed by atoms with E-state index in [1.165, 1.54) is 25.1 Å². The number of carbonyl (C=O) groups is 1. The third-order valence-corrected chi connectivity index (χ3v) is 4.06. The SMILES string of the molecule is O=C(Nc1nn(CC2CC2)c2ccccc12)c1cc[nH]c(=O)c1. The second kappa shape index (κ2) is 5.39. The van der Waals surface area contributed by atoms with Crippen molar-refractivity contribution in [1.82, 2.24) is 14.8 Å². The van der Waals surface area contributed by atoms with Gasteiger partial charge < -0.3 is 10.3 Å². The Balaban J connectivity index is 1.68. The Hall–Kier alpha value is -2.89. The van der Waals surface area contributed by atoms with E-state index >= 15 is 0 Å². The molecule has 23 heavy (non-hydrogen) atoms. The number of nitrogens with zero attached hydrogens (tertiary/aromatic N) is 2. The number of pyridine rings is 1. The van der Waals surface area contributed by atoms with E-state index < -0.39 is 0 Å². The number of aromatic nitrogens is 3. The number of carbonyl (C=O) groups excluding carboxylic acids is 1. The molecule has 1 amide bonds. The lowest BCUT2D eigenvalue weighted by molar-refractivity contribution is 0.102. The Labute approximate surface area is 132 Å². The van der Waals surface area contributed by atoms with Crippen LogP contribution in [0.25, 0.3) is 10.9 Å². The van der Waals surface area contributed by atoms with Crippen LogP contribution in [0.1, 0.15) is 23.2 Å². The first-order valence-electron chi connectivity index (χ1n) is 7.66. The van der Waals surface area contributed by atoms with Crippen LogP contribution in [0, 0.1) is 5.92 Å². The second-order valence-corrected chi connectivity index (χ2v) is 5.89. The van der Waals surface area contributed by atoms with Crippen LogP contribution in [-0.2, 0) is 6.54 Å². The van der Waals surface area contributed by atoms with E-state index in [4.69, 9.17) is 0 Å². The fourth-order valence-corrected chi connectivity index (χ4v) is 2.67. The summed E-state index contributed by atoms with van der Waals surface area (Å²) < 4.78 is 1.96. The number of para-hydroxylation sites is 1. The van der Waals surface area contributed by atoms with Gasteiger partial charge in [0.25, 0.3) is 5.91 Å². The summed E-state index contributed by atoms with van der Waals surface area (Å²) in [5.74, 6) is 0.888.